The number of para-hydroxylation sites is 1. The number of hydrogen-bond donors (Lipinski definition) is 1. The van der Waals surface area contributed by atoms with Gasteiger partial charge in [0, 0.05) is 32.2 Å². The van der Waals surface area contributed by atoms with Crippen LogP contribution >= 0.6 is 0 Å². The molecule has 4 aromatic rings. The van der Waals surface area contributed by atoms with Crippen LogP contribution in [0.5, 0.6) is 11.5 Å². The number of methoxy groups -OCH3 is 2. The van der Waals surface area contributed by atoms with Crippen molar-refractivity contribution in [1.29, 1.82) is 0 Å². The van der Waals surface area contributed by atoms with Crippen LogP contribution in [0.4, 0.5) is 5.95 Å². The maximum Gasteiger partial charge on any atom is 0.243 e. The van der Waals surface area contributed by atoms with Gasteiger partial charge in [0.1, 0.15) is 34.2 Å². The minimum Gasteiger partial charge on any atom is -0.494 e. The van der Waals surface area contributed by atoms with Crippen LogP contribution < -0.4 is 14.2 Å². The van der Waals surface area contributed by atoms with Gasteiger partial charge in [0.2, 0.25) is 16.0 Å². The zero-order valence-electron chi connectivity index (χ0n) is 22.0. The first kappa shape index (κ1) is 27.0. The van der Waals surface area contributed by atoms with E-state index in [-0.39, 0.29) is 24.2 Å². The molecule has 0 unspecified atom stereocenters. The molecule has 202 valence electrons. The lowest BCUT2D eigenvalue weighted by Gasteiger charge is -2.23. The third-order valence-electron chi connectivity index (χ3n) is 5.78. The molecule has 0 aliphatic rings. The van der Waals surface area contributed by atoms with Crippen LogP contribution in [-0.2, 0) is 21.8 Å². The molecule has 3 heterocycles. The fourth-order valence-electron chi connectivity index (χ4n) is 3.85. The minimum absolute atomic E-state index is 0.0830. The average Bonchev–Trinajstić information content (AvgIpc) is 3.52. The smallest absolute Gasteiger partial charge is 0.243 e. The number of ether oxygens (including phenoxy) is 3. The van der Waals surface area contributed by atoms with E-state index in [0.29, 0.717) is 22.9 Å². The van der Waals surface area contributed by atoms with E-state index in [1.807, 2.05) is 6.92 Å². The lowest BCUT2D eigenvalue weighted by Crippen LogP contribution is -2.34. The van der Waals surface area contributed by atoms with E-state index in [0.717, 1.165) is 5.56 Å². The first-order chi connectivity index (χ1) is 18.2. The van der Waals surface area contributed by atoms with Crippen molar-refractivity contribution in [1.82, 2.24) is 34.5 Å². The van der Waals surface area contributed by atoms with Crippen molar-refractivity contribution in [3.05, 3.63) is 54.2 Å². The van der Waals surface area contributed by atoms with Gasteiger partial charge in [-0.15, -0.1) is 10.2 Å². The fourth-order valence-corrected chi connectivity index (χ4v) is 4.94. The number of nitrogens with one attached hydrogen (secondary N) is 1. The first-order valence-corrected chi connectivity index (χ1v) is 13.3. The topological polar surface area (TPSA) is 148 Å². The van der Waals surface area contributed by atoms with E-state index in [2.05, 4.69) is 30.0 Å². The predicted molar refractivity (Wildman–Crippen MR) is 140 cm³/mol. The second-order valence-electron chi connectivity index (χ2n) is 8.42. The van der Waals surface area contributed by atoms with Crippen molar-refractivity contribution >= 4 is 16.0 Å². The van der Waals surface area contributed by atoms with Crippen molar-refractivity contribution in [2.24, 2.45) is 7.05 Å². The largest absolute Gasteiger partial charge is 0.494 e. The number of aryl methyl sites for hydroxylation is 2. The molecule has 0 fully saturated rings. The Labute approximate surface area is 220 Å². The van der Waals surface area contributed by atoms with Crippen LogP contribution in [0, 0.1) is 6.92 Å². The Morgan fingerprint density at radius 1 is 1.05 bits per heavy atom. The Balaban J connectivity index is 1.82. The highest BCUT2D eigenvalue weighted by molar-refractivity contribution is 7.93. The molecule has 0 saturated heterocycles. The van der Waals surface area contributed by atoms with E-state index < -0.39 is 21.4 Å². The lowest BCUT2D eigenvalue weighted by molar-refractivity contribution is 0.0557. The minimum atomic E-state index is -4.11. The number of rotatable bonds is 11. The Morgan fingerprint density at radius 2 is 1.71 bits per heavy atom. The van der Waals surface area contributed by atoms with E-state index >= 15 is 0 Å². The summed E-state index contributed by atoms with van der Waals surface area (Å²) in [4.78, 5) is 8.58. The Kier molecular flexibility index (Phi) is 7.92. The SMILES string of the molecule is CCO[C@H](c1ncc(C)cn1)[C@H](C)S(=O)(=O)Nc1nnc(-c2ccn(C)n2)n1-c1c(OC)cccc1OC. The molecule has 1 N–H and O–H groups in total. The van der Waals surface area contributed by atoms with Gasteiger partial charge in [-0.3, -0.25) is 14.0 Å². The van der Waals surface area contributed by atoms with Crippen molar-refractivity contribution in [2.45, 2.75) is 32.1 Å². The number of hydrogen-bond acceptors (Lipinski definition) is 10. The molecular weight excluding hydrogens is 512 g/mol. The number of aromatic nitrogens is 7. The zero-order chi connectivity index (χ0) is 27.4. The zero-order valence-corrected chi connectivity index (χ0v) is 22.8. The van der Waals surface area contributed by atoms with Crippen LogP contribution in [0.2, 0.25) is 0 Å². The van der Waals surface area contributed by atoms with Gasteiger partial charge in [-0.1, -0.05) is 6.07 Å². The van der Waals surface area contributed by atoms with Gasteiger partial charge in [0.25, 0.3) is 0 Å². The van der Waals surface area contributed by atoms with Gasteiger partial charge in [-0.2, -0.15) is 5.10 Å². The van der Waals surface area contributed by atoms with Crippen molar-refractivity contribution in [3.63, 3.8) is 0 Å². The molecule has 1 aromatic carbocycles. The van der Waals surface area contributed by atoms with Crippen LogP contribution in [0.25, 0.3) is 17.2 Å². The summed E-state index contributed by atoms with van der Waals surface area (Å²) in [5, 5.41) is 11.8. The molecule has 38 heavy (non-hydrogen) atoms. The normalized spacial score (nSPS) is 13.2. The number of sulfonamides is 1. The molecule has 4 rings (SSSR count). The Hall–Kier alpha value is -4.04. The summed E-state index contributed by atoms with van der Waals surface area (Å²) in [6.07, 6.45) is 4.05. The van der Waals surface area contributed by atoms with Crippen LogP contribution in [-0.4, -0.2) is 69.0 Å². The molecule has 0 bridgehead atoms. The van der Waals surface area contributed by atoms with Gasteiger partial charge in [-0.05, 0) is 44.5 Å². The predicted octanol–water partition coefficient (Wildman–Crippen LogP) is 2.69. The molecule has 0 amide bonds. The molecule has 0 aliphatic carbocycles. The highest BCUT2D eigenvalue weighted by Crippen LogP contribution is 2.37. The Bertz CT molecular complexity index is 1480. The Morgan fingerprint density at radius 3 is 2.26 bits per heavy atom. The summed E-state index contributed by atoms with van der Waals surface area (Å²) < 4.78 is 50.0. The third-order valence-corrected chi connectivity index (χ3v) is 7.48. The summed E-state index contributed by atoms with van der Waals surface area (Å²) >= 11 is 0. The number of nitrogens with zero attached hydrogens (tertiary/aromatic N) is 7. The van der Waals surface area contributed by atoms with Crippen LogP contribution in [0.3, 0.4) is 0 Å². The van der Waals surface area contributed by atoms with E-state index in [1.165, 1.54) is 25.7 Å². The molecular formula is C24H30N8O5S. The molecule has 13 nitrogen and oxygen atoms in total. The van der Waals surface area contributed by atoms with Crippen molar-refractivity contribution in [3.8, 4) is 28.7 Å². The standard InChI is InChI=1S/C24H30N8O5S/c1-7-37-21(22-25-13-15(2)14-26-22)16(3)38(33,34)30-24-28-27-23(17-11-12-31(4)29-17)32(24)20-18(35-5)9-8-10-19(20)36-6/h8-14,16,21H,7H2,1-6H3,(H,28,30)/t16-,21-/m0/s1. The van der Waals surface area contributed by atoms with E-state index in [4.69, 9.17) is 14.2 Å². The molecule has 2 atom stereocenters. The quantitative estimate of drug-likeness (QED) is 0.300. The molecule has 0 spiro atoms. The second kappa shape index (κ2) is 11.1. The lowest BCUT2D eigenvalue weighted by atomic mass is 10.2. The van der Waals surface area contributed by atoms with Gasteiger partial charge in [0.15, 0.2) is 11.6 Å². The fraction of sp³-hybridized carbons (Fsp3) is 0.375. The highest BCUT2D eigenvalue weighted by Gasteiger charge is 2.35. The summed E-state index contributed by atoms with van der Waals surface area (Å²) in [6, 6.07) is 6.94. The maximum absolute atomic E-state index is 13.7. The highest BCUT2D eigenvalue weighted by atomic mass is 32.2. The first-order valence-electron chi connectivity index (χ1n) is 11.8. The average molecular weight is 543 g/mol. The number of benzene rings is 1. The summed E-state index contributed by atoms with van der Waals surface area (Å²) in [6.45, 7) is 5.41. The van der Waals surface area contributed by atoms with Gasteiger partial charge in [-0.25, -0.2) is 18.4 Å². The van der Waals surface area contributed by atoms with Gasteiger partial charge in [0.05, 0.1) is 14.2 Å². The maximum atomic E-state index is 13.7. The van der Waals surface area contributed by atoms with E-state index in [1.54, 1.807) is 61.5 Å². The van der Waals surface area contributed by atoms with Crippen molar-refractivity contribution < 1.29 is 22.6 Å². The molecule has 0 aliphatic heterocycles. The molecule has 3 aromatic heterocycles. The summed E-state index contributed by atoms with van der Waals surface area (Å²) in [5.74, 6) is 1.28. The van der Waals surface area contributed by atoms with Gasteiger partial charge < -0.3 is 14.2 Å². The van der Waals surface area contributed by atoms with Gasteiger partial charge >= 0.3 is 0 Å². The molecule has 14 heteroatoms. The monoisotopic (exact) mass is 542 g/mol. The summed E-state index contributed by atoms with van der Waals surface area (Å²) in [7, 11) is 0.659. The van der Waals surface area contributed by atoms with Crippen molar-refractivity contribution in [2.75, 3.05) is 25.5 Å². The summed E-state index contributed by atoms with van der Waals surface area (Å²) in [5.41, 5.74) is 1.71. The third kappa shape index (κ3) is 5.31. The van der Waals surface area contributed by atoms with Crippen LogP contribution in [0.1, 0.15) is 31.3 Å². The number of anilines is 1. The van der Waals surface area contributed by atoms with Crippen LogP contribution in [0.15, 0.2) is 42.9 Å². The second-order valence-corrected chi connectivity index (χ2v) is 10.5. The molecule has 0 saturated carbocycles. The molecule has 0 radical (unpaired) electrons. The van der Waals surface area contributed by atoms with E-state index in [9.17, 15) is 8.42 Å².